The summed E-state index contributed by atoms with van der Waals surface area (Å²) in [7, 11) is 0. The number of anilines is 1. The Morgan fingerprint density at radius 1 is 1.32 bits per heavy atom. The number of pyridine rings is 1. The van der Waals surface area contributed by atoms with Gasteiger partial charge in [0, 0.05) is 12.7 Å². The van der Waals surface area contributed by atoms with Crippen LogP contribution in [0.5, 0.6) is 0 Å². The van der Waals surface area contributed by atoms with E-state index in [2.05, 4.69) is 41.5 Å². The fourth-order valence-electron chi connectivity index (χ4n) is 1.85. The number of hydrogen-bond donors (Lipinski definition) is 2. The molecule has 0 aliphatic heterocycles. The number of carbonyl (C=O) groups is 1. The molecule has 2 rings (SSSR count). The van der Waals surface area contributed by atoms with Crippen molar-refractivity contribution in [3.8, 4) is 0 Å². The number of benzene rings is 1. The molecule has 4 heteroatoms. The van der Waals surface area contributed by atoms with Crippen molar-refractivity contribution in [3.63, 3.8) is 0 Å². The Kier molecular flexibility index (Phi) is 4.13. The highest BCUT2D eigenvalue weighted by molar-refractivity contribution is 5.92. The molecule has 0 bridgehead atoms. The largest absolute Gasteiger partial charge is 0.370 e. The first-order chi connectivity index (χ1) is 9.15. The van der Waals surface area contributed by atoms with Gasteiger partial charge in [-0.2, -0.15) is 0 Å². The van der Waals surface area contributed by atoms with Crippen LogP contribution in [0.4, 0.5) is 5.82 Å². The van der Waals surface area contributed by atoms with Gasteiger partial charge in [-0.15, -0.1) is 0 Å². The van der Waals surface area contributed by atoms with E-state index in [1.807, 2.05) is 0 Å². The van der Waals surface area contributed by atoms with Crippen LogP contribution in [0.2, 0.25) is 0 Å². The van der Waals surface area contributed by atoms with Crippen molar-refractivity contribution in [1.29, 1.82) is 0 Å². The van der Waals surface area contributed by atoms with Gasteiger partial charge >= 0.3 is 0 Å². The summed E-state index contributed by atoms with van der Waals surface area (Å²) in [6.45, 7) is 2.88. The monoisotopic (exact) mass is 255 g/mol. The molecular formula is C15H17N3O. The number of aromatic nitrogens is 1. The minimum absolute atomic E-state index is 0.421. The Balaban J connectivity index is 1.87. The number of aryl methyl sites for hydroxylation is 1. The smallest absolute Gasteiger partial charge is 0.250 e. The topological polar surface area (TPSA) is 68.0 Å². The first-order valence-corrected chi connectivity index (χ1v) is 6.20. The second-order valence-corrected chi connectivity index (χ2v) is 4.46. The first-order valence-electron chi connectivity index (χ1n) is 6.20. The van der Waals surface area contributed by atoms with Crippen molar-refractivity contribution >= 4 is 11.7 Å². The lowest BCUT2D eigenvalue weighted by Gasteiger charge is -2.06. The fraction of sp³-hybridized carbons (Fsp3) is 0.200. The van der Waals surface area contributed by atoms with Gasteiger partial charge in [0.1, 0.15) is 5.82 Å². The maximum absolute atomic E-state index is 10.9. The third kappa shape index (κ3) is 3.81. The summed E-state index contributed by atoms with van der Waals surface area (Å²) < 4.78 is 0. The molecule has 0 spiro atoms. The summed E-state index contributed by atoms with van der Waals surface area (Å²) in [6.07, 6.45) is 2.41. The fourth-order valence-corrected chi connectivity index (χ4v) is 1.85. The number of nitrogens with one attached hydrogen (secondary N) is 1. The van der Waals surface area contributed by atoms with E-state index in [1.54, 1.807) is 12.1 Å². The molecule has 0 radical (unpaired) electrons. The molecule has 98 valence electrons. The van der Waals surface area contributed by atoms with E-state index in [0.717, 1.165) is 18.8 Å². The molecule has 1 heterocycles. The molecule has 0 aliphatic rings. The highest BCUT2D eigenvalue weighted by Gasteiger charge is 2.00. The lowest BCUT2D eigenvalue weighted by atomic mass is 10.1. The second kappa shape index (κ2) is 6.00. The number of primary amides is 1. The standard InChI is InChI=1S/C15H17N3O/c1-11-3-2-4-12(9-11)7-8-17-14-6-5-13(10-18-14)15(16)19/h2-6,9-10H,7-8H2,1H3,(H2,16,19)(H,17,18). The zero-order chi connectivity index (χ0) is 13.7. The maximum Gasteiger partial charge on any atom is 0.250 e. The summed E-state index contributed by atoms with van der Waals surface area (Å²) in [6, 6.07) is 11.9. The minimum Gasteiger partial charge on any atom is -0.370 e. The number of nitrogens with two attached hydrogens (primary N) is 1. The van der Waals surface area contributed by atoms with Crippen LogP contribution in [-0.2, 0) is 6.42 Å². The van der Waals surface area contributed by atoms with Crippen molar-refractivity contribution in [1.82, 2.24) is 4.98 Å². The van der Waals surface area contributed by atoms with Gasteiger partial charge in [-0.05, 0) is 31.0 Å². The quantitative estimate of drug-likeness (QED) is 0.860. The molecule has 0 saturated heterocycles. The molecule has 4 nitrogen and oxygen atoms in total. The maximum atomic E-state index is 10.9. The van der Waals surface area contributed by atoms with Crippen molar-refractivity contribution in [2.24, 2.45) is 5.73 Å². The van der Waals surface area contributed by atoms with E-state index in [9.17, 15) is 4.79 Å². The Labute approximate surface area is 112 Å². The molecule has 3 N–H and O–H groups in total. The van der Waals surface area contributed by atoms with Gasteiger partial charge in [-0.25, -0.2) is 4.98 Å². The molecule has 2 aromatic rings. The summed E-state index contributed by atoms with van der Waals surface area (Å²) in [5.74, 6) is 0.288. The summed E-state index contributed by atoms with van der Waals surface area (Å²) >= 11 is 0. The molecular weight excluding hydrogens is 238 g/mol. The number of nitrogens with zero attached hydrogens (tertiary/aromatic N) is 1. The lowest BCUT2D eigenvalue weighted by Crippen LogP contribution is -2.12. The van der Waals surface area contributed by atoms with E-state index in [-0.39, 0.29) is 0 Å². The highest BCUT2D eigenvalue weighted by atomic mass is 16.1. The van der Waals surface area contributed by atoms with Crippen molar-refractivity contribution < 1.29 is 4.79 Å². The number of hydrogen-bond acceptors (Lipinski definition) is 3. The second-order valence-electron chi connectivity index (χ2n) is 4.46. The highest BCUT2D eigenvalue weighted by Crippen LogP contribution is 2.07. The average Bonchev–Trinajstić information content (AvgIpc) is 2.39. The summed E-state index contributed by atoms with van der Waals surface area (Å²) in [4.78, 5) is 15.0. The molecule has 1 aromatic carbocycles. The predicted octanol–water partition coefficient (Wildman–Crippen LogP) is 2.14. The van der Waals surface area contributed by atoms with Gasteiger partial charge in [0.2, 0.25) is 5.91 Å². The lowest BCUT2D eigenvalue weighted by molar-refractivity contribution is 0.1000. The Bertz CT molecular complexity index is 564. The van der Waals surface area contributed by atoms with E-state index in [4.69, 9.17) is 5.73 Å². The van der Waals surface area contributed by atoms with Gasteiger partial charge in [0.05, 0.1) is 5.56 Å². The van der Waals surface area contributed by atoms with E-state index >= 15 is 0 Å². The van der Waals surface area contributed by atoms with Crippen LogP contribution >= 0.6 is 0 Å². The van der Waals surface area contributed by atoms with E-state index in [1.165, 1.54) is 17.3 Å². The van der Waals surface area contributed by atoms with Gasteiger partial charge < -0.3 is 11.1 Å². The van der Waals surface area contributed by atoms with E-state index < -0.39 is 5.91 Å². The van der Waals surface area contributed by atoms with Crippen LogP contribution in [0.3, 0.4) is 0 Å². The van der Waals surface area contributed by atoms with Crippen molar-refractivity contribution in [2.75, 3.05) is 11.9 Å². The Morgan fingerprint density at radius 2 is 2.16 bits per heavy atom. The van der Waals surface area contributed by atoms with Crippen molar-refractivity contribution in [3.05, 3.63) is 59.3 Å². The SMILES string of the molecule is Cc1cccc(CCNc2ccc(C(N)=O)cn2)c1. The van der Waals surface area contributed by atoms with Crippen LogP contribution in [0, 0.1) is 6.92 Å². The molecule has 0 saturated carbocycles. The third-order valence-electron chi connectivity index (χ3n) is 2.85. The molecule has 0 fully saturated rings. The molecule has 1 aromatic heterocycles. The molecule has 0 aliphatic carbocycles. The molecule has 0 atom stereocenters. The first kappa shape index (κ1) is 13.1. The number of amides is 1. The zero-order valence-corrected chi connectivity index (χ0v) is 10.9. The van der Waals surface area contributed by atoms with Crippen LogP contribution in [-0.4, -0.2) is 17.4 Å². The zero-order valence-electron chi connectivity index (χ0n) is 10.9. The average molecular weight is 255 g/mol. The van der Waals surface area contributed by atoms with Gasteiger partial charge in [0.15, 0.2) is 0 Å². The minimum atomic E-state index is -0.459. The molecule has 1 amide bonds. The molecule has 0 unspecified atom stereocenters. The van der Waals surface area contributed by atoms with Gasteiger partial charge in [-0.3, -0.25) is 4.79 Å². The normalized spacial score (nSPS) is 10.2. The van der Waals surface area contributed by atoms with Gasteiger partial charge in [0.25, 0.3) is 0 Å². The molecule has 19 heavy (non-hydrogen) atoms. The van der Waals surface area contributed by atoms with Crippen LogP contribution in [0.1, 0.15) is 21.5 Å². The van der Waals surface area contributed by atoms with Crippen molar-refractivity contribution in [2.45, 2.75) is 13.3 Å². The van der Waals surface area contributed by atoms with Crippen LogP contribution in [0.25, 0.3) is 0 Å². The Hall–Kier alpha value is -2.36. The van der Waals surface area contributed by atoms with Crippen LogP contribution < -0.4 is 11.1 Å². The third-order valence-corrected chi connectivity index (χ3v) is 2.85. The summed E-state index contributed by atoms with van der Waals surface area (Å²) in [5, 5.41) is 3.22. The number of carbonyl (C=O) groups excluding carboxylic acids is 1. The van der Waals surface area contributed by atoms with E-state index in [0.29, 0.717) is 5.56 Å². The predicted molar refractivity (Wildman–Crippen MR) is 76.1 cm³/mol. The van der Waals surface area contributed by atoms with Crippen LogP contribution in [0.15, 0.2) is 42.6 Å². The summed E-state index contributed by atoms with van der Waals surface area (Å²) in [5.41, 5.74) is 8.13. The Morgan fingerprint density at radius 3 is 2.79 bits per heavy atom. The van der Waals surface area contributed by atoms with Gasteiger partial charge in [-0.1, -0.05) is 29.8 Å². The number of rotatable bonds is 5.